The maximum atomic E-state index is 12.1. The number of carbonyl (C=O) groups is 1. The molecule has 0 radical (unpaired) electrons. The van der Waals surface area contributed by atoms with Gasteiger partial charge in [0.2, 0.25) is 5.91 Å². The summed E-state index contributed by atoms with van der Waals surface area (Å²) >= 11 is 1.87. The van der Waals surface area contributed by atoms with Crippen molar-refractivity contribution in [3.05, 3.63) is 0 Å². The molecule has 1 unspecified atom stereocenters. The molecule has 0 aromatic carbocycles. The lowest BCUT2D eigenvalue weighted by atomic mass is 10.2. The van der Waals surface area contributed by atoms with Gasteiger partial charge in [-0.25, -0.2) is 0 Å². The van der Waals surface area contributed by atoms with E-state index in [1.165, 1.54) is 0 Å². The van der Waals surface area contributed by atoms with E-state index in [0.29, 0.717) is 5.91 Å². The van der Waals surface area contributed by atoms with Crippen LogP contribution in [-0.2, 0) is 4.79 Å². The molecular weight excluding hydrogens is 210 g/mol. The Kier molecular flexibility index (Phi) is 4.29. The summed E-state index contributed by atoms with van der Waals surface area (Å²) in [5.74, 6) is 2.36. The fraction of sp³-hybridized carbons (Fsp3) is 0.900. The molecule has 1 atom stereocenters. The largest absolute Gasteiger partial charge is 0.340 e. The second-order valence-corrected chi connectivity index (χ2v) is 5.16. The van der Waals surface area contributed by atoms with Gasteiger partial charge in [0.1, 0.15) is 0 Å². The van der Waals surface area contributed by atoms with E-state index >= 15 is 0 Å². The van der Waals surface area contributed by atoms with Crippen LogP contribution in [0, 0.1) is 0 Å². The Hall–Kier alpha value is -0.260. The number of nitrogens with zero attached hydrogens (tertiary/aromatic N) is 1. The average molecular weight is 229 g/mol. The molecule has 5 heteroatoms. The third-order valence-electron chi connectivity index (χ3n) is 2.87. The van der Waals surface area contributed by atoms with E-state index in [0.717, 1.165) is 50.7 Å². The summed E-state index contributed by atoms with van der Waals surface area (Å²) in [6, 6.07) is 0.0573. The lowest BCUT2D eigenvalue weighted by Crippen LogP contribution is -2.51. The number of rotatable bonds is 1. The van der Waals surface area contributed by atoms with Gasteiger partial charge in [-0.3, -0.25) is 4.79 Å². The van der Waals surface area contributed by atoms with Gasteiger partial charge in [0.15, 0.2) is 0 Å². The molecule has 2 fully saturated rings. The SMILES string of the molecule is O=C(C1CSCCN1)N1CCCNCC1. The third kappa shape index (κ3) is 3.09. The Morgan fingerprint density at radius 1 is 1.27 bits per heavy atom. The first-order valence-electron chi connectivity index (χ1n) is 5.68. The van der Waals surface area contributed by atoms with Crippen molar-refractivity contribution in [3.63, 3.8) is 0 Å². The zero-order chi connectivity index (χ0) is 10.5. The van der Waals surface area contributed by atoms with Crippen molar-refractivity contribution in [2.75, 3.05) is 44.2 Å². The van der Waals surface area contributed by atoms with E-state index in [9.17, 15) is 4.79 Å². The van der Waals surface area contributed by atoms with Crippen molar-refractivity contribution < 1.29 is 4.79 Å². The van der Waals surface area contributed by atoms with Crippen LogP contribution in [0.4, 0.5) is 0 Å². The first-order chi connectivity index (χ1) is 7.38. The molecule has 0 bridgehead atoms. The van der Waals surface area contributed by atoms with Gasteiger partial charge in [-0.2, -0.15) is 11.8 Å². The molecule has 0 aromatic rings. The molecule has 15 heavy (non-hydrogen) atoms. The highest BCUT2D eigenvalue weighted by Gasteiger charge is 2.25. The summed E-state index contributed by atoms with van der Waals surface area (Å²) in [4.78, 5) is 14.1. The second kappa shape index (κ2) is 5.72. The van der Waals surface area contributed by atoms with Crippen molar-refractivity contribution in [1.82, 2.24) is 15.5 Å². The Labute approximate surface area is 95.2 Å². The standard InChI is InChI=1S/C10H19N3OS/c14-10(9-8-15-7-4-12-9)13-5-1-2-11-3-6-13/h9,11-12H,1-8H2. The summed E-state index contributed by atoms with van der Waals surface area (Å²) in [6.45, 7) is 4.71. The minimum atomic E-state index is 0.0573. The number of hydrogen-bond acceptors (Lipinski definition) is 4. The third-order valence-corrected chi connectivity index (χ3v) is 3.93. The van der Waals surface area contributed by atoms with Crippen molar-refractivity contribution in [2.45, 2.75) is 12.5 Å². The van der Waals surface area contributed by atoms with Crippen LogP contribution in [-0.4, -0.2) is 61.1 Å². The average Bonchev–Trinajstić information content (AvgIpc) is 2.58. The zero-order valence-corrected chi connectivity index (χ0v) is 9.81. The van der Waals surface area contributed by atoms with Gasteiger partial charge in [-0.15, -0.1) is 0 Å². The van der Waals surface area contributed by atoms with Crippen LogP contribution in [0.2, 0.25) is 0 Å². The number of thioether (sulfide) groups is 1. The summed E-state index contributed by atoms with van der Waals surface area (Å²) in [5.41, 5.74) is 0. The van der Waals surface area contributed by atoms with Crippen LogP contribution < -0.4 is 10.6 Å². The lowest BCUT2D eigenvalue weighted by molar-refractivity contribution is -0.132. The zero-order valence-electron chi connectivity index (χ0n) is 9.00. The van der Waals surface area contributed by atoms with E-state index in [1.807, 2.05) is 16.7 Å². The molecule has 0 aliphatic carbocycles. The van der Waals surface area contributed by atoms with Gasteiger partial charge in [0, 0.05) is 37.7 Å². The lowest BCUT2D eigenvalue weighted by Gasteiger charge is -2.28. The summed E-state index contributed by atoms with van der Waals surface area (Å²) < 4.78 is 0. The molecule has 1 amide bonds. The van der Waals surface area contributed by atoms with Crippen molar-refractivity contribution in [3.8, 4) is 0 Å². The van der Waals surface area contributed by atoms with Crippen LogP contribution in [0.25, 0.3) is 0 Å². The van der Waals surface area contributed by atoms with E-state index < -0.39 is 0 Å². The molecule has 2 heterocycles. The van der Waals surface area contributed by atoms with Crippen LogP contribution >= 0.6 is 11.8 Å². The smallest absolute Gasteiger partial charge is 0.240 e. The molecule has 2 N–H and O–H groups in total. The van der Waals surface area contributed by atoms with Crippen molar-refractivity contribution >= 4 is 17.7 Å². The van der Waals surface area contributed by atoms with Gasteiger partial charge in [0.25, 0.3) is 0 Å². The normalized spacial score (nSPS) is 28.5. The first kappa shape index (κ1) is 11.2. The monoisotopic (exact) mass is 229 g/mol. The van der Waals surface area contributed by atoms with Crippen molar-refractivity contribution in [1.29, 1.82) is 0 Å². The maximum Gasteiger partial charge on any atom is 0.240 e. The van der Waals surface area contributed by atoms with Crippen LogP contribution in [0.1, 0.15) is 6.42 Å². The van der Waals surface area contributed by atoms with Gasteiger partial charge in [0.05, 0.1) is 6.04 Å². The molecule has 0 saturated carbocycles. The number of carbonyl (C=O) groups excluding carboxylic acids is 1. The fourth-order valence-electron chi connectivity index (χ4n) is 2.01. The maximum absolute atomic E-state index is 12.1. The fourth-order valence-corrected chi connectivity index (χ4v) is 2.94. The number of amides is 1. The molecule has 2 saturated heterocycles. The predicted molar refractivity (Wildman–Crippen MR) is 63.2 cm³/mol. The highest BCUT2D eigenvalue weighted by atomic mass is 32.2. The summed E-state index contributed by atoms with van der Waals surface area (Å²) in [5, 5.41) is 6.62. The van der Waals surface area contributed by atoms with E-state index in [4.69, 9.17) is 0 Å². The highest BCUT2D eigenvalue weighted by Crippen LogP contribution is 2.10. The van der Waals surface area contributed by atoms with Gasteiger partial charge in [-0.05, 0) is 13.0 Å². The minimum absolute atomic E-state index is 0.0573. The summed E-state index contributed by atoms with van der Waals surface area (Å²) in [7, 11) is 0. The van der Waals surface area contributed by atoms with Gasteiger partial charge < -0.3 is 15.5 Å². The van der Waals surface area contributed by atoms with Gasteiger partial charge >= 0.3 is 0 Å². The molecule has 86 valence electrons. The Balaban J connectivity index is 1.87. The van der Waals surface area contributed by atoms with E-state index in [2.05, 4.69) is 10.6 Å². The molecule has 4 nitrogen and oxygen atoms in total. The van der Waals surface area contributed by atoms with Crippen molar-refractivity contribution in [2.24, 2.45) is 0 Å². The Bertz CT molecular complexity index is 211. The molecule has 2 rings (SSSR count). The van der Waals surface area contributed by atoms with Crippen LogP contribution in [0.5, 0.6) is 0 Å². The van der Waals surface area contributed by atoms with Gasteiger partial charge in [-0.1, -0.05) is 0 Å². The Morgan fingerprint density at radius 3 is 3.00 bits per heavy atom. The molecule has 0 spiro atoms. The first-order valence-corrected chi connectivity index (χ1v) is 6.84. The highest BCUT2D eigenvalue weighted by molar-refractivity contribution is 7.99. The molecule has 2 aliphatic heterocycles. The van der Waals surface area contributed by atoms with Crippen LogP contribution in [0.3, 0.4) is 0 Å². The molecule has 2 aliphatic rings. The quantitative estimate of drug-likeness (QED) is 0.637. The molecule has 0 aromatic heterocycles. The number of nitrogens with one attached hydrogen (secondary N) is 2. The molecular formula is C10H19N3OS. The summed E-state index contributed by atoms with van der Waals surface area (Å²) in [6.07, 6.45) is 1.08. The van der Waals surface area contributed by atoms with Crippen LogP contribution in [0.15, 0.2) is 0 Å². The Morgan fingerprint density at radius 2 is 2.20 bits per heavy atom. The topological polar surface area (TPSA) is 44.4 Å². The minimum Gasteiger partial charge on any atom is -0.340 e. The predicted octanol–water partition coefficient (Wildman–Crippen LogP) is -0.487. The van der Waals surface area contributed by atoms with E-state index in [-0.39, 0.29) is 6.04 Å². The second-order valence-electron chi connectivity index (χ2n) is 4.01. The van der Waals surface area contributed by atoms with E-state index in [1.54, 1.807) is 0 Å². The number of hydrogen-bond donors (Lipinski definition) is 2.